The second-order valence-corrected chi connectivity index (χ2v) is 11.5. The second-order valence-electron chi connectivity index (χ2n) is 11.5. The molecule has 0 fully saturated rings. The summed E-state index contributed by atoms with van der Waals surface area (Å²) in [5.74, 6) is 0. The summed E-state index contributed by atoms with van der Waals surface area (Å²) in [5.41, 5.74) is 0.850. The number of rotatable bonds is 16. The maximum absolute atomic E-state index is 4.12. The van der Waals surface area contributed by atoms with Gasteiger partial charge in [0.1, 0.15) is 0 Å². The molecule has 0 aliphatic heterocycles. The molecule has 0 atom stereocenters. The lowest BCUT2D eigenvalue weighted by Crippen LogP contribution is -2.63. The van der Waals surface area contributed by atoms with Crippen LogP contribution in [0.25, 0.3) is 0 Å². The monoisotopic (exact) mass is 381 g/mol. The zero-order chi connectivity index (χ0) is 21.2. The topological polar surface area (TPSA) is 12.0 Å². The first-order chi connectivity index (χ1) is 12.3. The highest BCUT2D eigenvalue weighted by molar-refractivity contribution is 5.02. The Bertz CT molecular complexity index is 340. The average Bonchev–Trinajstić information content (AvgIpc) is 2.53. The molecular formula is C26H55N. The van der Waals surface area contributed by atoms with Gasteiger partial charge in [-0.25, -0.2) is 0 Å². The van der Waals surface area contributed by atoms with Gasteiger partial charge in [-0.05, 0) is 51.4 Å². The molecule has 0 aromatic rings. The highest BCUT2D eigenvalue weighted by atomic mass is 15.1. The van der Waals surface area contributed by atoms with Crippen molar-refractivity contribution in [2.45, 2.75) is 157 Å². The zero-order valence-corrected chi connectivity index (χ0v) is 21.0. The summed E-state index contributed by atoms with van der Waals surface area (Å²) in [7, 11) is 0. The van der Waals surface area contributed by atoms with Gasteiger partial charge >= 0.3 is 0 Å². The molecule has 0 spiro atoms. The Labute approximate surface area is 173 Å². The van der Waals surface area contributed by atoms with Crippen molar-refractivity contribution in [1.29, 1.82) is 0 Å². The van der Waals surface area contributed by atoms with Gasteiger partial charge in [0.15, 0.2) is 0 Å². The van der Waals surface area contributed by atoms with E-state index in [9.17, 15) is 0 Å². The minimum Gasteiger partial charge on any atom is -0.306 e. The molecule has 1 nitrogen and oxygen atoms in total. The van der Waals surface area contributed by atoms with Gasteiger partial charge in [0, 0.05) is 11.1 Å². The van der Waals surface area contributed by atoms with E-state index in [1.807, 2.05) is 0 Å². The van der Waals surface area contributed by atoms with Crippen LogP contribution in [0.2, 0.25) is 0 Å². The summed E-state index contributed by atoms with van der Waals surface area (Å²) < 4.78 is 0. The summed E-state index contributed by atoms with van der Waals surface area (Å²) in [4.78, 5) is 0. The van der Waals surface area contributed by atoms with E-state index in [1.54, 1.807) is 0 Å². The van der Waals surface area contributed by atoms with Gasteiger partial charge < -0.3 is 5.32 Å². The fraction of sp³-hybridized carbons (Fsp3) is 1.00. The molecule has 1 heteroatoms. The predicted molar refractivity (Wildman–Crippen MR) is 126 cm³/mol. The van der Waals surface area contributed by atoms with E-state index < -0.39 is 0 Å². The third-order valence-electron chi connectivity index (χ3n) is 7.82. The van der Waals surface area contributed by atoms with Crippen LogP contribution in [-0.4, -0.2) is 11.1 Å². The number of unbranched alkanes of at least 4 members (excludes halogenated alkanes) is 8. The van der Waals surface area contributed by atoms with E-state index in [0.29, 0.717) is 10.8 Å². The van der Waals surface area contributed by atoms with Crippen LogP contribution in [0.3, 0.4) is 0 Å². The Morgan fingerprint density at radius 2 is 0.741 bits per heavy atom. The molecule has 164 valence electrons. The molecule has 0 aliphatic carbocycles. The SMILES string of the molecule is CCCCCCCC(C)(C)C(C)(C)NC(C)(C)C(C)(C)CCCCCCC. The molecule has 27 heavy (non-hydrogen) atoms. The molecule has 0 heterocycles. The van der Waals surface area contributed by atoms with E-state index in [-0.39, 0.29) is 11.1 Å². The lowest BCUT2D eigenvalue weighted by Gasteiger charge is -2.53. The molecule has 0 saturated heterocycles. The first-order valence-corrected chi connectivity index (χ1v) is 12.1. The molecule has 0 aromatic carbocycles. The van der Waals surface area contributed by atoms with E-state index >= 15 is 0 Å². The van der Waals surface area contributed by atoms with Crippen molar-refractivity contribution >= 4 is 0 Å². The predicted octanol–water partition coefficient (Wildman–Crippen LogP) is 8.91. The fourth-order valence-electron chi connectivity index (χ4n) is 4.09. The van der Waals surface area contributed by atoms with Crippen LogP contribution < -0.4 is 5.32 Å². The second kappa shape index (κ2) is 11.8. The van der Waals surface area contributed by atoms with Gasteiger partial charge in [0.05, 0.1) is 0 Å². The molecule has 0 unspecified atom stereocenters. The highest BCUT2D eigenvalue weighted by Gasteiger charge is 2.44. The number of hydrogen-bond acceptors (Lipinski definition) is 1. The Morgan fingerprint density at radius 3 is 1.04 bits per heavy atom. The molecule has 0 radical (unpaired) electrons. The lowest BCUT2D eigenvalue weighted by molar-refractivity contribution is 0.0431. The van der Waals surface area contributed by atoms with Crippen LogP contribution in [0.1, 0.15) is 146 Å². The van der Waals surface area contributed by atoms with Crippen LogP contribution in [0.5, 0.6) is 0 Å². The molecule has 0 saturated carbocycles. The summed E-state index contributed by atoms with van der Waals surface area (Å²) >= 11 is 0. The molecule has 1 N–H and O–H groups in total. The van der Waals surface area contributed by atoms with Crippen molar-refractivity contribution in [3.63, 3.8) is 0 Å². The van der Waals surface area contributed by atoms with Crippen LogP contribution >= 0.6 is 0 Å². The number of hydrogen-bond donors (Lipinski definition) is 1. The summed E-state index contributed by atoms with van der Waals surface area (Å²) in [6.07, 6.45) is 16.4. The van der Waals surface area contributed by atoms with Gasteiger partial charge in [-0.2, -0.15) is 0 Å². The minimum atomic E-state index is 0.126. The maximum Gasteiger partial charge on any atom is 0.0181 e. The van der Waals surface area contributed by atoms with Crippen molar-refractivity contribution in [3.8, 4) is 0 Å². The van der Waals surface area contributed by atoms with Gasteiger partial charge in [0.25, 0.3) is 0 Å². The van der Waals surface area contributed by atoms with Crippen molar-refractivity contribution < 1.29 is 0 Å². The van der Waals surface area contributed by atoms with Crippen molar-refractivity contribution in [2.24, 2.45) is 10.8 Å². The van der Waals surface area contributed by atoms with Crippen molar-refractivity contribution in [2.75, 3.05) is 0 Å². The quantitative estimate of drug-likeness (QED) is 0.263. The Balaban J connectivity index is 4.74. The third-order valence-corrected chi connectivity index (χ3v) is 7.82. The van der Waals surface area contributed by atoms with E-state index in [4.69, 9.17) is 0 Å². The van der Waals surface area contributed by atoms with E-state index in [1.165, 1.54) is 77.0 Å². The average molecular weight is 382 g/mol. The Kier molecular flexibility index (Phi) is 11.8. The largest absolute Gasteiger partial charge is 0.306 e. The standard InChI is InChI=1S/C26H55N/c1-11-13-15-17-19-21-23(3,4)25(7,8)27-26(9,10)24(5,6)22-20-18-16-14-12-2/h27H,11-22H2,1-10H3. The van der Waals surface area contributed by atoms with Crippen molar-refractivity contribution in [1.82, 2.24) is 5.32 Å². The van der Waals surface area contributed by atoms with Crippen LogP contribution in [-0.2, 0) is 0 Å². The van der Waals surface area contributed by atoms with Gasteiger partial charge in [-0.3, -0.25) is 0 Å². The Morgan fingerprint density at radius 1 is 0.444 bits per heavy atom. The van der Waals surface area contributed by atoms with Gasteiger partial charge in [-0.1, -0.05) is 106 Å². The first kappa shape index (κ1) is 27.0. The molecule has 0 aromatic heterocycles. The fourth-order valence-corrected chi connectivity index (χ4v) is 4.09. The van der Waals surface area contributed by atoms with Crippen LogP contribution in [0.15, 0.2) is 0 Å². The number of nitrogens with one attached hydrogen (secondary N) is 1. The maximum atomic E-state index is 4.12. The normalized spacial score (nSPS) is 14.0. The molecular weight excluding hydrogens is 326 g/mol. The van der Waals surface area contributed by atoms with E-state index in [0.717, 1.165) is 0 Å². The molecule has 0 aliphatic rings. The summed E-state index contributed by atoms with van der Waals surface area (Å²) in [6.45, 7) is 24.2. The highest BCUT2D eigenvalue weighted by Crippen LogP contribution is 2.42. The molecule has 0 rings (SSSR count). The lowest BCUT2D eigenvalue weighted by atomic mass is 9.66. The van der Waals surface area contributed by atoms with Crippen LogP contribution in [0.4, 0.5) is 0 Å². The van der Waals surface area contributed by atoms with Crippen LogP contribution in [0, 0.1) is 10.8 Å². The molecule has 0 bridgehead atoms. The third kappa shape index (κ3) is 9.33. The zero-order valence-electron chi connectivity index (χ0n) is 21.0. The van der Waals surface area contributed by atoms with Gasteiger partial charge in [0.2, 0.25) is 0 Å². The first-order valence-electron chi connectivity index (χ1n) is 12.1. The molecule has 0 amide bonds. The summed E-state index contributed by atoms with van der Waals surface area (Å²) in [5, 5.41) is 4.12. The smallest absolute Gasteiger partial charge is 0.0181 e. The van der Waals surface area contributed by atoms with Crippen molar-refractivity contribution in [3.05, 3.63) is 0 Å². The minimum absolute atomic E-state index is 0.126. The summed E-state index contributed by atoms with van der Waals surface area (Å²) in [6, 6.07) is 0. The Hall–Kier alpha value is -0.0400. The van der Waals surface area contributed by atoms with Gasteiger partial charge in [-0.15, -0.1) is 0 Å². The van der Waals surface area contributed by atoms with E-state index in [2.05, 4.69) is 74.6 Å².